The molecule has 0 aromatic heterocycles. The zero-order chi connectivity index (χ0) is 24.6. The summed E-state index contributed by atoms with van der Waals surface area (Å²) in [5.41, 5.74) is 2.38. The molecule has 1 saturated carbocycles. The van der Waals surface area contributed by atoms with Crippen LogP contribution < -0.4 is 9.47 Å². The van der Waals surface area contributed by atoms with Crippen LogP contribution in [0, 0.1) is 22.7 Å². The van der Waals surface area contributed by atoms with Gasteiger partial charge in [0.05, 0.1) is 12.7 Å². The number of esters is 3. The number of fused-ring (bicyclic) bond motifs is 1. The molecule has 1 aromatic rings. The lowest BCUT2D eigenvalue weighted by molar-refractivity contribution is -0.134. The van der Waals surface area contributed by atoms with Gasteiger partial charge >= 0.3 is 17.9 Å². The smallest absolute Gasteiger partial charge is 0.337 e. The first kappa shape index (κ1) is 25.0. The van der Waals surface area contributed by atoms with E-state index in [4.69, 9.17) is 14.2 Å². The molecule has 6 nitrogen and oxygen atoms in total. The summed E-state index contributed by atoms with van der Waals surface area (Å²) in [6, 6.07) is 3.12. The first-order valence-electron chi connectivity index (χ1n) is 11.7. The molecule has 2 aliphatic rings. The van der Waals surface area contributed by atoms with Crippen molar-refractivity contribution in [2.45, 2.75) is 73.6 Å². The molecule has 0 saturated heterocycles. The third-order valence-corrected chi connectivity index (χ3v) is 8.22. The van der Waals surface area contributed by atoms with E-state index in [1.54, 1.807) is 6.07 Å². The van der Waals surface area contributed by atoms with Gasteiger partial charge in [-0.05, 0) is 73.8 Å². The number of hydrogen-bond acceptors (Lipinski definition) is 6. The Labute approximate surface area is 196 Å². The molecule has 0 amide bonds. The second-order valence-corrected chi connectivity index (χ2v) is 10.2. The molecule has 0 spiro atoms. The van der Waals surface area contributed by atoms with Gasteiger partial charge in [0.25, 0.3) is 0 Å². The third-order valence-electron chi connectivity index (χ3n) is 8.22. The van der Waals surface area contributed by atoms with E-state index >= 15 is 0 Å². The van der Waals surface area contributed by atoms with Crippen LogP contribution in [0.1, 0.15) is 83.1 Å². The topological polar surface area (TPSA) is 78.9 Å². The standard InChI is InChI=1S/C27H36O6/c1-16-9-8-10-23-26(16,5)12-11-17(2)27(23,6)15-21-13-20(25(30)31-7)14-22(32-18(3)28)24(21)33-19(4)29/h9,13-14,17,23H,8,10-12,15H2,1-7H3/t17-,23+,26+,27+/m0/s1. The third kappa shape index (κ3) is 4.71. The monoisotopic (exact) mass is 456 g/mol. The first-order chi connectivity index (χ1) is 15.4. The fourth-order valence-corrected chi connectivity index (χ4v) is 6.14. The molecule has 0 radical (unpaired) electrons. The Morgan fingerprint density at radius 2 is 1.73 bits per heavy atom. The van der Waals surface area contributed by atoms with E-state index in [9.17, 15) is 14.4 Å². The SMILES string of the molecule is COC(=O)c1cc(C[C@]2(C)[C@@H](C)CC[C@]3(C)C(C)=CCC[C@@H]23)c(OC(C)=O)c(OC(C)=O)c1. The molecule has 33 heavy (non-hydrogen) atoms. The maximum Gasteiger partial charge on any atom is 0.337 e. The predicted octanol–water partition coefficient (Wildman–Crippen LogP) is 5.67. The van der Waals surface area contributed by atoms with E-state index in [0.29, 0.717) is 23.8 Å². The fraction of sp³-hybridized carbons (Fsp3) is 0.593. The van der Waals surface area contributed by atoms with Crippen LogP contribution in [0.3, 0.4) is 0 Å². The summed E-state index contributed by atoms with van der Waals surface area (Å²) in [5.74, 6) is -0.497. The first-order valence-corrected chi connectivity index (χ1v) is 11.7. The maximum absolute atomic E-state index is 12.4. The average Bonchev–Trinajstić information content (AvgIpc) is 2.73. The number of rotatable bonds is 5. The quantitative estimate of drug-likeness (QED) is 0.323. The van der Waals surface area contributed by atoms with Crippen molar-refractivity contribution < 1.29 is 28.6 Å². The van der Waals surface area contributed by atoms with Gasteiger partial charge in [-0.3, -0.25) is 9.59 Å². The highest BCUT2D eigenvalue weighted by Gasteiger charge is 2.53. The van der Waals surface area contributed by atoms with Crippen molar-refractivity contribution in [2.24, 2.45) is 22.7 Å². The van der Waals surface area contributed by atoms with Gasteiger partial charge in [-0.15, -0.1) is 0 Å². The number of carbonyl (C=O) groups is 3. The Morgan fingerprint density at radius 1 is 1.06 bits per heavy atom. The van der Waals surface area contributed by atoms with E-state index in [-0.39, 0.29) is 27.9 Å². The zero-order valence-electron chi connectivity index (χ0n) is 20.9. The number of methoxy groups -OCH3 is 1. The lowest BCUT2D eigenvalue weighted by Gasteiger charge is -2.58. The van der Waals surface area contributed by atoms with Gasteiger partial charge in [-0.25, -0.2) is 4.79 Å². The van der Waals surface area contributed by atoms with Crippen molar-refractivity contribution in [2.75, 3.05) is 7.11 Å². The molecule has 1 aromatic carbocycles. The van der Waals surface area contributed by atoms with Gasteiger partial charge < -0.3 is 14.2 Å². The Balaban J connectivity index is 2.17. The lowest BCUT2D eigenvalue weighted by Crippen LogP contribution is -2.50. The highest BCUT2D eigenvalue weighted by Crippen LogP contribution is 2.61. The number of benzene rings is 1. The summed E-state index contributed by atoms with van der Waals surface area (Å²) in [6.07, 6.45) is 7.33. The molecule has 180 valence electrons. The average molecular weight is 457 g/mol. The lowest BCUT2D eigenvalue weighted by atomic mass is 9.47. The normalized spacial score (nSPS) is 28.9. The van der Waals surface area contributed by atoms with Crippen LogP contribution in [-0.2, 0) is 20.7 Å². The van der Waals surface area contributed by atoms with Crippen LogP contribution >= 0.6 is 0 Å². The molecule has 0 unspecified atom stereocenters. The van der Waals surface area contributed by atoms with E-state index in [2.05, 4.69) is 33.8 Å². The van der Waals surface area contributed by atoms with Crippen molar-refractivity contribution >= 4 is 17.9 Å². The molecule has 2 aliphatic carbocycles. The van der Waals surface area contributed by atoms with Gasteiger partial charge in [0.2, 0.25) is 0 Å². The molecule has 3 rings (SSSR count). The predicted molar refractivity (Wildman–Crippen MR) is 125 cm³/mol. The van der Waals surface area contributed by atoms with Crippen molar-refractivity contribution in [3.63, 3.8) is 0 Å². The summed E-state index contributed by atoms with van der Waals surface area (Å²) in [5, 5.41) is 0. The van der Waals surface area contributed by atoms with E-state index in [1.165, 1.54) is 32.6 Å². The van der Waals surface area contributed by atoms with Gasteiger partial charge in [-0.2, -0.15) is 0 Å². The molecule has 6 heteroatoms. The van der Waals surface area contributed by atoms with Gasteiger partial charge in [-0.1, -0.05) is 32.4 Å². The molecular formula is C27H36O6. The van der Waals surface area contributed by atoms with Gasteiger partial charge in [0.1, 0.15) is 0 Å². The zero-order valence-corrected chi connectivity index (χ0v) is 20.9. The van der Waals surface area contributed by atoms with Gasteiger partial charge in [0.15, 0.2) is 11.5 Å². The van der Waals surface area contributed by atoms with Crippen molar-refractivity contribution in [1.82, 2.24) is 0 Å². The second kappa shape index (κ2) is 9.32. The largest absolute Gasteiger partial charge is 0.465 e. The van der Waals surface area contributed by atoms with Crippen molar-refractivity contribution in [1.29, 1.82) is 0 Å². The Morgan fingerprint density at radius 3 is 2.33 bits per heavy atom. The minimum atomic E-state index is -0.561. The van der Waals surface area contributed by atoms with Crippen molar-refractivity contribution in [3.05, 3.63) is 34.9 Å². The van der Waals surface area contributed by atoms with Crippen LogP contribution in [0.15, 0.2) is 23.8 Å². The Hall–Kier alpha value is -2.63. The highest BCUT2D eigenvalue weighted by atomic mass is 16.6. The summed E-state index contributed by atoms with van der Waals surface area (Å²) >= 11 is 0. The van der Waals surface area contributed by atoms with Crippen molar-refractivity contribution in [3.8, 4) is 11.5 Å². The highest BCUT2D eigenvalue weighted by molar-refractivity contribution is 5.91. The summed E-state index contributed by atoms with van der Waals surface area (Å²) in [6.45, 7) is 11.8. The molecular weight excluding hydrogens is 420 g/mol. The summed E-state index contributed by atoms with van der Waals surface area (Å²) in [4.78, 5) is 36.2. The van der Waals surface area contributed by atoms with E-state index in [0.717, 1.165) is 25.7 Å². The summed E-state index contributed by atoms with van der Waals surface area (Å²) in [7, 11) is 1.31. The van der Waals surface area contributed by atoms with Crippen LogP contribution in [0.25, 0.3) is 0 Å². The molecule has 0 bridgehead atoms. The van der Waals surface area contributed by atoms with Crippen LogP contribution in [-0.4, -0.2) is 25.0 Å². The maximum atomic E-state index is 12.4. The molecule has 1 fully saturated rings. The molecule has 0 aliphatic heterocycles. The second-order valence-electron chi connectivity index (χ2n) is 10.2. The number of carbonyl (C=O) groups excluding carboxylic acids is 3. The number of hydrogen-bond donors (Lipinski definition) is 0. The number of allylic oxidation sites excluding steroid dienone is 2. The molecule has 4 atom stereocenters. The minimum Gasteiger partial charge on any atom is -0.465 e. The summed E-state index contributed by atoms with van der Waals surface area (Å²) < 4.78 is 15.9. The van der Waals surface area contributed by atoms with Gasteiger partial charge in [0, 0.05) is 19.4 Å². The van der Waals surface area contributed by atoms with Crippen LogP contribution in [0.5, 0.6) is 11.5 Å². The molecule has 0 heterocycles. The Bertz CT molecular complexity index is 993. The van der Waals surface area contributed by atoms with E-state index < -0.39 is 17.9 Å². The minimum absolute atomic E-state index is 0.0603. The Kier molecular flexibility index (Phi) is 7.06. The van der Waals surface area contributed by atoms with E-state index in [1.807, 2.05) is 0 Å². The molecule has 0 N–H and O–H groups in total. The van der Waals surface area contributed by atoms with Crippen LogP contribution in [0.2, 0.25) is 0 Å². The number of ether oxygens (including phenoxy) is 3. The van der Waals surface area contributed by atoms with Crippen LogP contribution in [0.4, 0.5) is 0 Å². The fourth-order valence-electron chi connectivity index (χ4n) is 6.14.